The summed E-state index contributed by atoms with van der Waals surface area (Å²) in [6, 6.07) is 2.30. The van der Waals surface area contributed by atoms with E-state index >= 15 is 0 Å². The Morgan fingerprint density at radius 1 is 1.26 bits per heavy atom. The van der Waals surface area contributed by atoms with Crippen LogP contribution in [0, 0.1) is 11.8 Å². The minimum atomic E-state index is -1.39. The van der Waals surface area contributed by atoms with E-state index in [1.54, 1.807) is 0 Å². The monoisotopic (exact) mass is 284 g/mol. The molecular weight excluding hydrogens is 278 g/mol. The molecule has 0 spiro atoms. The fourth-order valence-electron chi connectivity index (χ4n) is 1.34. The zero-order chi connectivity index (χ0) is 14.0. The first-order valence-electron chi connectivity index (χ1n) is 4.93. The number of thiophene rings is 1. The summed E-state index contributed by atoms with van der Waals surface area (Å²) in [7, 11) is 0. The number of carbonyl (C=O) groups excluding carboxylic acids is 1. The molecule has 0 atom stereocenters. The molecular formula is C11H6F2N2O3S. The summed E-state index contributed by atoms with van der Waals surface area (Å²) < 4.78 is 26.2. The lowest BCUT2D eigenvalue weighted by Gasteiger charge is -2.05. The molecule has 0 aliphatic carbocycles. The summed E-state index contributed by atoms with van der Waals surface area (Å²) in [6.07, 6.45) is 0.944. The molecule has 0 unspecified atom stereocenters. The van der Waals surface area contributed by atoms with Crippen molar-refractivity contribution >= 4 is 28.2 Å². The van der Waals surface area contributed by atoms with Gasteiger partial charge in [0.2, 0.25) is 5.95 Å². The molecule has 0 aromatic carbocycles. The maximum absolute atomic E-state index is 13.3. The average molecular weight is 284 g/mol. The third kappa shape index (κ3) is 2.58. The topological polar surface area (TPSA) is 79.3 Å². The second-order valence-electron chi connectivity index (χ2n) is 3.39. The number of rotatable bonds is 3. The summed E-state index contributed by atoms with van der Waals surface area (Å²) in [5.74, 6) is -4.94. The number of carboxylic acid groups (broad SMARTS) is 1. The van der Waals surface area contributed by atoms with E-state index in [1.807, 2.05) is 0 Å². The Hall–Kier alpha value is -2.35. The Morgan fingerprint density at radius 2 is 2.00 bits per heavy atom. The quantitative estimate of drug-likeness (QED) is 0.848. The van der Waals surface area contributed by atoms with Gasteiger partial charge >= 0.3 is 5.97 Å². The highest BCUT2D eigenvalue weighted by atomic mass is 32.1. The predicted molar refractivity (Wildman–Crippen MR) is 63.4 cm³/mol. The number of pyridine rings is 1. The van der Waals surface area contributed by atoms with Crippen molar-refractivity contribution in [2.75, 3.05) is 5.32 Å². The summed E-state index contributed by atoms with van der Waals surface area (Å²) >= 11 is 0.966. The Balaban J connectivity index is 2.29. The molecule has 1 amide bonds. The Labute approximate surface area is 109 Å². The molecule has 2 aromatic heterocycles. The number of nitrogens with zero attached hydrogens (tertiary/aromatic N) is 1. The SMILES string of the molecule is O=C(O)c1ccsc1NC(=O)c1ccnc(F)c1F. The fraction of sp³-hybridized carbons (Fsp3) is 0. The van der Waals surface area contributed by atoms with Crippen LogP contribution in [-0.2, 0) is 0 Å². The largest absolute Gasteiger partial charge is 0.478 e. The fourth-order valence-corrected chi connectivity index (χ4v) is 2.11. The number of carbonyl (C=O) groups is 2. The normalized spacial score (nSPS) is 10.2. The van der Waals surface area contributed by atoms with E-state index in [9.17, 15) is 18.4 Å². The maximum atomic E-state index is 13.3. The van der Waals surface area contributed by atoms with Gasteiger partial charge in [-0.3, -0.25) is 4.79 Å². The van der Waals surface area contributed by atoms with E-state index < -0.39 is 29.2 Å². The minimum Gasteiger partial charge on any atom is -0.478 e. The summed E-state index contributed by atoms with van der Waals surface area (Å²) in [4.78, 5) is 25.6. The van der Waals surface area contributed by atoms with Crippen LogP contribution in [0.15, 0.2) is 23.7 Å². The molecule has 2 rings (SSSR count). The lowest BCUT2D eigenvalue weighted by molar-refractivity contribution is 0.0698. The molecule has 2 N–H and O–H groups in total. The van der Waals surface area contributed by atoms with Crippen LogP contribution in [0.2, 0.25) is 0 Å². The van der Waals surface area contributed by atoms with Gasteiger partial charge in [-0.15, -0.1) is 11.3 Å². The van der Waals surface area contributed by atoms with Gasteiger partial charge in [-0.2, -0.15) is 4.39 Å². The lowest BCUT2D eigenvalue weighted by Crippen LogP contribution is -2.16. The van der Waals surface area contributed by atoms with Gasteiger partial charge in [-0.05, 0) is 17.5 Å². The van der Waals surface area contributed by atoms with Gasteiger partial charge in [0.25, 0.3) is 5.91 Å². The van der Waals surface area contributed by atoms with E-state index in [0.717, 1.165) is 23.6 Å². The molecule has 0 saturated heterocycles. The van der Waals surface area contributed by atoms with Gasteiger partial charge in [0.05, 0.1) is 11.1 Å². The van der Waals surface area contributed by atoms with Crippen molar-refractivity contribution in [2.24, 2.45) is 0 Å². The van der Waals surface area contributed by atoms with Crippen molar-refractivity contribution in [1.82, 2.24) is 4.98 Å². The van der Waals surface area contributed by atoms with Gasteiger partial charge in [0.1, 0.15) is 5.00 Å². The zero-order valence-electron chi connectivity index (χ0n) is 9.18. The maximum Gasteiger partial charge on any atom is 0.338 e. The Bertz CT molecular complexity index is 657. The van der Waals surface area contributed by atoms with Gasteiger partial charge in [0.15, 0.2) is 5.82 Å². The van der Waals surface area contributed by atoms with E-state index in [4.69, 9.17) is 5.11 Å². The molecule has 2 aromatic rings. The van der Waals surface area contributed by atoms with E-state index in [1.165, 1.54) is 11.4 Å². The highest BCUT2D eigenvalue weighted by molar-refractivity contribution is 7.14. The van der Waals surface area contributed by atoms with E-state index in [0.29, 0.717) is 0 Å². The van der Waals surface area contributed by atoms with Gasteiger partial charge in [0, 0.05) is 6.20 Å². The van der Waals surface area contributed by atoms with Gasteiger partial charge < -0.3 is 10.4 Å². The molecule has 0 radical (unpaired) electrons. The van der Waals surface area contributed by atoms with Gasteiger partial charge in [-0.25, -0.2) is 14.2 Å². The summed E-state index contributed by atoms with van der Waals surface area (Å²) in [6.45, 7) is 0. The third-order valence-corrected chi connectivity index (χ3v) is 3.04. The van der Waals surface area contributed by atoms with E-state index in [-0.39, 0.29) is 10.6 Å². The number of hydrogen-bond donors (Lipinski definition) is 2. The molecule has 8 heteroatoms. The molecule has 2 heterocycles. The van der Waals surface area contributed by atoms with E-state index in [2.05, 4.69) is 10.3 Å². The van der Waals surface area contributed by atoms with Crippen LogP contribution < -0.4 is 5.32 Å². The zero-order valence-corrected chi connectivity index (χ0v) is 10.0. The first-order valence-corrected chi connectivity index (χ1v) is 5.81. The number of anilines is 1. The number of hydrogen-bond acceptors (Lipinski definition) is 4. The second-order valence-corrected chi connectivity index (χ2v) is 4.30. The number of amides is 1. The predicted octanol–water partition coefficient (Wildman–Crippen LogP) is 2.37. The van der Waals surface area contributed by atoms with Crippen LogP contribution in [0.5, 0.6) is 0 Å². The molecule has 0 aliphatic heterocycles. The average Bonchev–Trinajstić information content (AvgIpc) is 2.80. The number of halogens is 2. The van der Waals surface area contributed by atoms with Crippen molar-refractivity contribution in [1.29, 1.82) is 0 Å². The third-order valence-electron chi connectivity index (χ3n) is 2.21. The van der Waals surface area contributed by atoms with Crippen molar-refractivity contribution in [3.05, 3.63) is 46.6 Å². The standard InChI is InChI=1S/C11H6F2N2O3S/c12-7-5(1-3-14-8(7)13)9(16)15-10-6(11(17)18)2-4-19-10/h1-4H,(H,15,16)(H,17,18). The first kappa shape index (κ1) is 13.1. The molecule has 5 nitrogen and oxygen atoms in total. The number of nitrogens with one attached hydrogen (secondary N) is 1. The van der Waals surface area contributed by atoms with Crippen molar-refractivity contribution in [2.45, 2.75) is 0 Å². The van der Waals surface area contributed by atoms with Crippen LogP contribution >= 0.6 is 11.3 Å². The Morgan fingerprint density at radius 3 is 2.68 bits per heavy atom. The summed E-state index contributed by atoms with van der Waals surface area (Å²) in [5, 5.41) is 12.6. The van der Waals surface area contributed by atoms with Crippen molar-refractivity contribution < 1.29 is 23.5 Å². The van der Waals surface area contributed by atoms with Crippen molar-refractivity contribution in [3.63, 3.8) is 0 Å². The highest BCUT2D eigenvalue weighted by Crippen LogP contribution is 2.24. The Kier molecular flexibility index (Phi) is 3.52. The minimum absolute atomic E-state index is 0.0501. The molecule has 98 valence electrons. The number of carboxylic acids is 1. The van der Waals surface area contributed by atoms with Gasteiger partial charge in [-0.1, -0.05) is 0 Å². The summed E-state index contributed by atoms with van der Waals surface area (Å²) in [5.41, 5.74) is -0.662. The highest BCUT2D eigenvalue weighted by Gasteiger charge is 2.19. The van der Waals surface area contributed by atoms with Crippen molar-refractivity contribution in [3.8, 4) is 0 Å². The van der Waals surface area contributed by atoms with Crippen LogP contribution in [0.25, 0.3) is 0 Å². The number of aromatic nitrogens is 1. The molecule has 19 heavy (non-hydrogen) atoms. The first-order chi connectivity index (χ1) is 9.00. The molecule has 0 bridgehead atoms. The molecule has 0 aliphatic rings. The number of aromatic carboxylic acids is 1. The smallest absolute Gasteiger partial charge is 0.338 e. The van der Waals surface area contributed by atoms with Crippen LogP contribution in [0.1, 0.15) is 20.7 Å². The van der Waals surface area contributed by atoms with Crippen LogP contribution in [0.4, 0.5) is 13.8 Å². The lowest BCUT2D eigenvalue weighted by atomic mass is 10.2. The van der Waals surface area contributed by atoms with Crippen LogP contribution in [0.3, 0.4) is 0 Å². The molecule has 0 fully saturated rings. The van der Waals surface area contributed by atoms with Crippen LogP contribution in [-0.4, -0.2) is 22.0 Å². The second kappa shape index (κ2) is 5.11. The molecule has 0 saturated carbocycles.